The highest BCUT2D eigenvalue weighted by Gasteiger charge is 2.38. The largest absolute Gasteiger partial charge is 0.351 e. The third-order valence-corrected chi connectivity index (χ3v) is 4.07. The molecule has 2 fully saturated rings. The van der Waals surface area contributed by atoms with E-state index in [1.54, 1.807) is 17.9 Å². The van der Waals surface area contributed by atoms with Crippen molar-refractivity contribution < 1.29 is 14.1 Å². The normalized spacial score (nSPS) is 22.6. The fourth-order valence-electron chi connectivity index (χ4n) is 2.97. The van der Waals surface area contributed by atoms with Crippen LogP contribution in [0.1, 0.15) is 29.1 Å². The molecule has 7 heteroatoms. The molecule has 1 aromatic rings. The fraction of sp³-hybridized carbons (Fsp3) is 0.643. The first kappa shape index (κ1) is 14.1. The van der Waals surface area contributed by atoms with Gasteiger partial charge in [-0.3, -0.25) is 9.59 Å². The van der Waals surface area contributed by atoms with Gasteiger partial charge in [-0.2, -0.15) is 0 Å². The highest BCUT2D eigenvalue weighted by Crippen LogP contribution is 2.22. The molecule has 0 aromatic carbocycles. The van der Waals surface area contributed by atoms with Crippen LogP contribution in [0.15, 0.2) is 10.6 Å². The van der Waals surface area contributed by atoms with E-state index >= 15 is 0 Å². The lowest BCUT2D eigenvalue weighted by molar-refractivity contribution is -0.135. The monoisotopic (exact) mass is 292 g/mol. The summed E-state index contributed by atoms with van der Waals surface area (Å²) in [6, 6.07) is 1.26. The maximum Gasteiger partial charge on any atom is 0.293 e. The predicted octanol–water partition coefficient (Wildman–Crippen LogP) is 0.0194. The van der Waals surface area contributed by atoms with Crippen LogP contribution in [-0.4, -0.2) is 65.5 Å². The average Bonchev–Trinajstić information content (AvgIpc) is 3.15. The van der Waals surface area contributed by atoms with Gasteiger partial charge in [0.2, 0.25) is 11.7 Å². The number of nitrogens with one attached hydrogen (secondary N) is 1. The number of hydrogen-bond donors (Lipinski definition) is 1. The number of rotatable bonds is 2. The van der Waals surface area contributed by atoms with E-state index in [0.717, 1.165) is 25.9 Å². The van der Waals surface area contributed by atoms with Gasteiger partial charge in [0, 0.05) is 38.8 Å². The summed E-state index contributed by atoms with van der Waals surface area (Å²) in [6.45, 7) is 5.41. The van der Waals surface area contributed by atoms with E-state index in [1.165, 1.54) is 0 Å². The van der Waals surface area contributed by atoms with Gasteiger partial charge >= 0.3 is 0 Å². The Balaban J connectivity index is 1.72. The third-order valence-electron chi connectivity index (χ3n) is 4.07. The van der Waals surface area contributed by atoms with Gasteiger partial charge in [-0.15, -0.1) is 0 Å². The highest BCUT2D eigenvalue weighted by atomic mass is 16.5. The van der Waals surface area contributed by atoms with Crippen LogP contribution < -0.4 is 5.32 Å². The quantitative estimate of drug-likeness (QED) is 0.831. The fourth-order valence-corrected chi connectivity index (χ4v) is 2.97. The first-order chi connectivity index (χ1) is 10.2. The number of hydrogen-bond acceptors (Lipinski definition) is 5. The lowest BCUT2D eigenvalue weighted by Gasteiger charge is -2.32. The van der Waals surface area contributed by atoms with E-state index in [2.05, 4.69) is 10.5 Å². The molecule has 0 saturated carbocycles. The van der Waals surface area contributed by atoms with Crippen LogP contribution in [-0.2, 0) is 4.79 Å². The van der Waals surface area contributed by atoms with Gasteiger partial charge in [-0.1, -0.05) is 5.16 Å². The molecule has 3 rings (SSSR count). The van der Waals surface area contributed by atoms with Crippen molar-refractivity contribution in [2.45, 2.75) is 25.8 Å². The minimum atomic E-state index is -0.360. The van der Waals surface area contributed by atoms with Crippen molar-refractivity contribution in [1.29, 1.82) is 0 Å². The standard InChI is InChI=1S/C14H20N4O3/c1-10-9-12(21-16-10)14(20)18-6-2-3-11(18)13(19)17-7-4-15-5-8-17/h9,11,15H,2-8H2,1H3. The zero-order valence-electron chi connectivity index (χ0n) is 12.2. The summed E-state index contributed by atoms with van der Waals surface area (Å²) in [6.07, 6.45) is 1.57. The van der Waals surface area contributed by atoms with Gasteiger partial charge in [0.1, 0.15) is 6.04 Å². The Bertz CT molecular complexity index is 536. The van der Waals surface area contributed by atoms with Crippen molar-refractivity contribution in [1.82, 2.24) is 20.3 Å². The molecule has 2 aliphatic heterocycles. The number of carbonyl (C=O) groups excluding carboxylic acids is 2. The smallest absolute Gasteiger partial charge is 0.293 e. The first-order valence-corrected chi connectivity index (χ1v) is 7.40. The van der Waals surface area contributed by atoms with Crippen molar-refractivity contribution in [3.63, 3.8) is 0 Å². The summed E-state index contributed by atoms with van der Waals surface area (Å²) in [5.41, 5.74) is 0.669. The van der Waals surface area contributed by atoms with Gasteiger partial charge in [-0.05, 0) is 19.8 Å². The topological polar surface area (TPSA) is 78.7 Å². The summed E-state index contributed by atoms with van der Waals surface area (Å²) in [5.74, 6) is 0.0349. The molecule has 1 aromatic heterocycles. The molecule has 1 atom stereocenters. The van der Waals surface area contributed by atoms with E-state index in [4.69, 9.17) is 4.52 Å². The molecule has 2 amide bonds. The van der Waals surface area contributed by atoms with Crippen LogP contribution in [0.3, 0.4) is 0 Å². The maximum absolute atomic E-state index is 12.6. The van der Waals surface area contributed by atoms with Crippen LogP contribution in [0.25, 0.3) is 0 Å². The SMILES string of the molecule is Cc1cc(C(=O)N2CCCC2C(=O)N2CCNCC2)on1. The summed E-state index contributed by atoms with van der Waals surface area (Å²) >= 11 is 0. The van der Waals surface area contributed by atoms with E-state index in [0.29, 0.717) is 25.3 Å². The third kappa shape index (κ3) is 2.78. The van der Waals surface area contributed by atoms with Crippen LogP contribution in [0, 0.1) is 6.92 Å². The minimum Gasteiger partial charge on any atom is -0.351 e. The highest BCUT2D eigenvalue weighted by molar-refractivity contribution is 5.96. The zero-order chi connectivity index (χ0) is 14.8. The predicted molar refractivity (Wildman–Crippen MR) is 74.7 cm³/mol. The summed E-state index contributed by atoms with van der Waals surface area (Å²) in [4.78, 5) is 28.6. The van der Waals surface area contributed by atoms with Crippen LogP contribution in [0.4, 0.5) is 0 Å². The number of likely N-dealkylation sites (tertiary alicyclic amines) is 1. The Labute approximate surface area is 123 Å². The lowest BCUT2D eigenvalue weighted by atomic mass is 10.1. The Kier molecular flexibility index (Phi) is 3.92. The Hall–Kier alpha value is -1.89. The van der Waals surface area contributed by atoms with Gasteiger partial charge in [0.15, 0.2) is 0 Å². The second-order valence-electron chi connectivity index (χ2n) is 5.56. The molecule has 21 heavy (non-hydrogen) atoms. The molecule has 1 unspecified atom stereocenters. The van der Waals surface area contributed by atoms with Crippen molar-refractivity contribution in [3.05, 3.63) is 17.5 Å². The molecule has 0 aliphatic carbocycles. The molecule has 2 aliphatic rings. The Morgan fingerprint density at radius 2 is 2.10 bits per heavy atom. The number of carbonyl (C=O) groups is 2. The lowest BCUT2D eigenvalue weighted by Crippen LogP contribution is -2.53. The van der Waals surface area contributed by atoms with Gasteiger partial charge in [0.25, 0.3) is 5.91 Å². The average molecular weight is 292 g/mol. The van der Waals surface area contributed by atoms with Gasteiger partial charge in [0.05, 0.1) is 5.69 Å². The van der Waals surface area contributed by atoms with Crippen molar-refractivity contribution in [2.75, 3.05) is 32.7 Å². The van der Waals surface area contributed by atoms with Crippen LogP contribution in [0.5, 0.6) is 0 Å². The summed E-state index contributed by atoms with van der Waals surface area (Å²) in [5, 5.41) is 6.97. The molecule has 7 nitrogen and oxygen atoms in total. The molecule has 2 saturated heterocycles. The Morgan fingerprint density at radius 3 is 2.76 bits per heavy atom. The van der Waals surface area contributed by atoms with E-state index in [1.807, 2.05) is 4.90 Å². The molecule has 0 radical (unpaired) electrons. The molecular formula is C14H20N4O3. The zero-order valence-corrected chi connectivity index (χ0v) is 12.2. The van der Waals surface area contributed by atoms with Gasteiger partial charge < -0.3 is 19.6 Å². The number of aryl methyl sites for hydroxylation is 1. The first-order valence-electron chi connectivity index (χ1n) is 7.40. The number of piperazine rings is 1. The Morgan fingerprint density at radius 1 is 1.33 bits per heavy atom. The van der Waals surface area contributed by atoms with Crippen LogP contribution >= 0.6 is 0 Å². The van der Waals surface area contributed by atoms with Crippen molar-refractivity contribution in [2.24, 2.45) is 0 Å². The second-order valence-corrected chi connectivity index (χ2v) is 5.56. The van der Waals surface area contributed by atoms with Gasteiger partial charge in [-0.25, -0.2) is 0 Å². The van der Waals surface area contributed by atoms with Crippen molar-refractivity contribution in [3.8, 4) is 0 Å². The second kappa shape index (κ2) is 5.85. The minimum absolute atomic E-state index is 0.0542. The molecule has 114 valence electrons. The molecule has 1 N–H and O–H groups in total. The summed E-state index contributed by atoms with van der Waals surface area (Å²) < 4.78 is 5.04. The van der Waals surface area contributed by atoms with E-state index < -0.39 is 0 Å². The number of amides is 2. The van der Waals surface area contributed by atoms with Crippen LogP contribution in [0.2, 0.25) is 0 Å². The number of aromatic nitrogens is 1. The molecule has 0 spiro atoms. The van der Waals surface area contributed by atoms with E-state index in [-0.39, 0.29) is 23.6 Å². The van der Waals surface area contributed by atoms with E-state index in [9.17, 15) is 9.59 Å². The maximum atomic E-state index is 12.6. The van der Waals surface area contributed by atoms with Crippen molar-refractivity contribution >= 4 is 11.8 Å². The number of nitrogens with zero attached hydrogens (tertiary/aromatic N) is 3. The molecular weight excluding hydrogens is 272 g/mol. The summed E-state index contributed by atoms with van der Waals surface area (Å²) in [7, 11) is 0. The molecule has 0 bridgehead atoms. The molecule has 3 heterocycles.